The minimum absolute atomic E-state index is 0.139. The fourth-order valence-corrected chi connectivity index (χ4v) is 1.18. The van der Waals surface area contributed by atoms with Gasteiger partial charge in [0.15, 0.2) is 11.5 Å². The maximum absolute atomic E-state index is 11.5. The molecule has 2 rings (SSSR count). The van der Waals surface area contributed by atoms with Crippen LogP contribution in [0.3, 0.4) is 0 Å². The van der Waals surface area contributed by atoms with Crippen LogP contribution in [0.5, 0.6) is 0 Å². The molecule has 0 spiro atoms. The van der Waals surface area contributed by atoms with Crippen molar-refractivity contribution >= 4 is 5.97 Å². The molecule has 2 aromatic heterocycles. The molecule has 0 aliphatic carbocycles. The first-order chi connectivity index (χ1) is 7.66. The van der Waals surface area contributed by atoms with E-state index in [-0.39, 0.29) is 11.8 Å². The molecule has 0 amide bonds. The summed E-state index contributed by atoms with van der Waals surface area (Å²) in [6, 6.07) is 4.94. The summed E-state index contributed by atoms with van der Waals surface area (Å²) in [4.78, 5) is 11.5. The van der Waals surface area contributed by atoms with Crippen molar-refractivity contribution in [3.05, 3.63) is 30.2 Å². The van der Waals surface area contributed by atoms with Crippen molar-refractivity contribution in [1.29, 1.82) is 0 Å². The molecule has 0 bridgehead atoms. The highest BCUT2D eigenvalue weighted by Crippen LogP contribution is 2.20. The first-order valence-electron chi connectivity index (χ1n) is 4.88. The smallest absolute Gasteiger partial charge is 0.360 e. The average Bonchev–Trinajstić information content (AvgIpc) is 2.87. The van der Waals surface area contributed by atoms with Crippen LogP contribution >= 0.6 is 0 Å². The normalized spacial score (nSPS) is 10.7. The summed E-state index contributed by atoms with van der Waals surface area (Å²) in [5, 5.41) is 3.62. The Morgan fingerprint density at radius 1 is 1.44 bits per heavy atom. The zero-order valence-electron chi connectivity index (χ0n) is 8.97. The minimum atomic E-state index is -0.503. The van der Waals surface area contributed by atoms with Gasteiger partial charge in [-0.2, -0.15) is 0 Å². The minimum Gasteiger partial charge on any atom is -0.461 e. The van der Waals surface area contributed by atoms with Crippen LogP contribution in [0.1, 0.15) is 24.3 Å². The van der Waals surface area contributed by atoms with Gasteiger partial charge in [-0.1, -0.05) is 5.16 Å². The predicted octanol–water partition coefficient (Wildman–Crippen LogP) is 2.50. The van der Waals surface area contributed by atoms with E-state index < -0.39 is 5.97 Å². The molecule has 0 saturated carbocycles. The Balaban J connectivity index is 2.17. The van der Waals surface area contributed by atoms with Gasteiger partial charge in [0, 0.05) is 6.07 Å². The highest BCUT2D eigenvalue weighted by molar-refractivity contribution is 5.88. The molecule has 0 N–H and O–H groups in total. The molecular formula is C11H11NO4. The van der Waals surface area contributed by atoms with Crippen molar-refractivity contribution in [3.8, 4) is 11.5 Å². The van der Waals surface area contributed by atoms with Gasteiger partial charge >= 0.3 is 5.97 Å². The van der Waals surface area contributed by atoms with Crippen molar-refractivity contribution in [3.63, 3.8) is 0 Å². The van der Waals surface area contributed by atoms with E-state index in [2.05, 4.69) is 5.16 Å². The zero-order valence-corrected chi connectivity index (χ0v) is 8.97. The quantitative estimate of drug-likeness (QED) is 0.745. The summed E-state index contributed by atoms with van der Waals surface area (Å²) in [6.45, 7) is 3.54. The summed E-state index contributed by atoms with van der Waals surface area (Å²) in [5.41, 5.74) is 0.139. The van der Waals surface area contributed by atoms with E-state index in [1.165, 1.54) is 12.3 Å². The van der Waals surface area contributed by atoms with E-state index in [0.29, 0.717) is 11.5 Å². The monoisotopic (exact) mass is 221 g/mol. The number of hydrogen-bond donors (Lipinski definition) is 0. The second kappa shape index (κ2) is 4.22. The third-order valence-electron chi connectivity index (χ3n) is 1.83. The second-order valence-electron chi connectivity index (χ2n) is 3.51. The van der Waals surface area contributed by atoms with Crippen LogP contribution in [0.4, 0.5) is 0 Å². The Kier molecular flexibility index (Phi) is 2.76. The van der Waals surface area contributed by atoms with Gasteiger partial charge in [-0.05, 0) is 26.0 Å². The molecule has 0 aliphatic rings. The maximum atomic E-state index is 11.5. The van der Waals surface area contributed by atoms with Gasteiger partial charge < -0.3 is 13.7 Å². The first kappa shape index (κ1) is 10.5. The molecule has 16 heavy (non-hydrogen) atoms. The fourth-order valence-electron chi connectivity index (χ4n) is 1.18. The van der Waals surface area contributed by atoms with E-state index in [9.17, 15) is 4.79 Å². The molecule has 2 aromatic rings. The van der Waals surface area contributed by atoms with E-state index in [1.54, 1.807) is 26.0 Å². The van der Waals surface area contributed by atoms with Crippen molar-refractivity contribution < 1.29 is 18.5 Å². The largest absolute Gasteiger partial charge is 0.461 e. The lowest BCUT2D eigenvalue weighted by Gasteiger charge is -2.03. The highest BCUT2D eigenvalue weighted by Gasteiger charge is 2.17. The predicted molar refractivity (Wildman–Crippen MR) is 54.8 cm³/mol. The average molecular weight is 221 g/mol. The standard InChI is InChI=1S/C11H11NO4/c1-7(2)15-11(13)8-6-10(16-12-8)9-4-3-5-14-9/h3-7H,1-2H3. The molecule has 5 heteroatoms. The van der Waals surface area contributed by atoms with Gasteiger partial charge in [0.2, 0.25) is 5.76 Å². The topological polar surface area (TPSA) is 65.5 Å². The van der Waals surface area contributed by atoms with Crippen LogP contribution in [-0.4, -0.2) is 17.2 Å². The molecule has 0 aliphatic heterocycles. The number of ether oxygens (including phenoxy) is 1. The van der Waals surface area contributed by atoms with E-state index in [0.717, 1.165) is 0 Å². The molecule has 0 fully saturated rings. The SMILES string of the molecule is CC(C)OC(=O)c1cc(-c2ccco2)on1. The number of carbonyl (C=O) groups is 1. The van der Waals surface area contributed by atoms with Crippen LogP contribution in [0, 0.1) is 0 Å². The third-order valence-corrected chi connectivity index (χ3v) is 1.83. The molecule has 0 aromatic carbocycles. The van der Waals surface area contributed by atoms with E-state index in [1.807, 2.05) is 0 Å². The Morgan fingerprint density at radius 2 is 2.25 bits per heavy atom. The highest BCUT2D eigenvalue weighted by atomic mass is 16.5. The molecule has 2 heterocycles. The van der Waals surface area contributed by atoms with Gasteiger partial charge in [0.1, 0.15) is 0 Å². The third kappa shape index (κ3) is 2.13. The number of nitrogens with zero attached hydrogens (tertiary/aromatic N) is 1. The van der Waals surface area contributed by atoms with Crippen molar-refractivity contribution in [1.82, 2.24) is 5.16 Å². The number of hydrogen-bond acceptors (Lipinski definition) is 5. The summed E-state index contributed by atoms with van der Waals surface area (Å²) < 4.78 is 15.0. The van der Waals surface area contributed by atoms with Crippen molar-refractivity contribution in [2.75, 3.05) is 0 Å². The van der Waals surface area contributed by atoms with Crippen LogP contribution in [0.2, 0.25) is 0 Å². The number of furan rings is 1. The lowest BCUT2D eigenvalue weighted by molar-refractivity contribution is 0.0366. The molecular weight excluding hydrogens is 210 g/mol. The van der Waals surface area contributed by atoms with Gasteiger partial charge in [-0.25, -0.2) is 4.79 Å². The Hall–Kier alpha value is -2.04. The number of aromatic nitrogens is 1. The van der Waals surface area contributed by atoms with Crippen molar-refractivity contribution in [2.24, 2.45) is 0 Å². The lowest BCUT2D eigenvalue weighted by Crippen LogP contribution is -2.11. The van der Waals surface area contributed by atoms with E-state index >= 15 is 0 Å². The van der Waals surface area contributed by atoms with Gasteiger partial charge in [0.05, 0.1) is 12.4 Å². The Morgan fingerprint density at radius 3 is 2.88 bits per heavy atom. The van der Waals surface area contributed by atoms with Gasteiger partial charge in [0.25, 0.3) is 0 Å². The van der Waals surface area contributed by atoms with Gasteiger partial charge in [-0.3, -0.25) is 0 Å². The van der Waals surface area contributed by atoms with Crippen LogP contribution in [0.25, 0.3) is 11.5 Å². The summed E-state index contributed by atoms with van der Waals surface area (Å²) >= 11 is 0. The van der Waals surface area contributed by atoms with Crippen LogP contribution in [-0.2, 0) is 4.74 Å². The molecule has 0 saturated heterocycles. The lowest BCUT2D eigenvalue weighted by atomic mass is 10.3. The Labute approximate surface area is 92.0 Å². The number of carbonyl (C=O) groups excluding carboxylic acids is 1. The summed E-state index contributed by atoms with van der Waals surface area (Å²) in [5.74, 6) is 0.424. The maximum Gasteiger partial charge on any atom is 0.360 e. The fraction of sp³-hybridized carbons (Fsp3) is 0.273. The van der Waals surface area contributed by atoms with Crippen LogP contribution < -0.4 is 0 Å². The van der Waals surface area contributed by atoms with E-state index in [4.69, 9.17) is 13.7 Å². The van der Waals surface area contributed by atoms with Crippen LogP contribution in [0.15, 0.2) is 33.4 Å². The second-order valence-corrected chi connectivity index (χ2v) is 3.51. The molecule has 0 unspecified atom stereocenters. The zero-order chi connectivity index (χ0) is 11.5. The van der Waals surface area contributed by atoms with Gasteiger partial charge in [-0.15, -0.1) is 0 Å². The summed E-state index contributed by atoms with van der Waals surface area (Å²) in [6.07, 6.45) is 1.33. The molecule has 84 valence electrons. The number of rotatable bonds is 3. The number of esters is 1. The molecule has 0 atom stereocenters. The summed E-state index contributed by atoms with van der Waals surface area (Å²) in [7, 11) is 0. The Bertz CT molecular complexity index is 470. The first-order valence-corrected chi connectivity index (χ1v) is 4.88. The molecule has 5 nitrogen and oxygen atoms in total. The molecule has 0 radical (unpaired) electrons. The van der Waals surface area contributed by atoms with Crippen molar-refractivity contribution in [2.45, 2.75) is 20.0 Å².